The number of carbonyl (C=O) groups is 1. The smallest absolute Gasteiger partial charge is 0.194 e. The van der Waals surface area contributed by atoms with Gasteiger partial charge < -0.3 is 10.1 Å². The van der Waals surface area contributed by atoms with Gasteiger partial charge in [-0.15, -0.1) is 6.58 Å². The van der Waals surface area contributed by atoms with Gasteiger partial charge in [-0.05, 0) is 43.3 Å². The van der Waals surface area contributed by atoms with E-state index < -0.39 is 11.6 Å². The average molecular weight is 364 g/mol. The topological polar surface area (TPSA) is 62.1 Å². The lowest BCUT2D eigenvalue weighted by molar-refractivity contribution is 0.103. The van der Waals surface area contributed by atoms with Gasteiger partial charge in [0.15, 0.2) is 17.3 Å². The molecule has 5 heteroatoms. The maximum Gasteiger partial charge on any atom is 0.194 e. The third-order valence-corrected chi connectivity index (χ3v) is 3.78. The molecule has 2 aromatic rings. The molecule has 4 nitrogen and oxygen atoms in total. The fraction of sp³-hybridized carbons (Fsp3) is 0.182. The first kappa shape index (κ1) is 20.1. The zero-order chi connectivity index (χ0) is 19.5. The highest BCUT2D eigenvalue weighted by atomic mass is 19.1. The molecule has 0 saturated heterocycles. The lowest BCUT2D eigenvalue weighted by Gasteiger charge is -2.07. The zero-order valence-corrected chi connectivity index (χ0v) is 15.0. The molecule has 0 radical (unpaired) electrons. The number of halogens is 1. The van der Waals surface area contributed by atoms with Crippen LogP contribution in [0.3, 0.4) is 0 Å². The van der Waals surface area contributed by atoms with Gasteiger partial charge >= 0.3 is 0 Å². The first-order valence-corrected chi connectivity index (χ1v) is 8.60. The average Bonchev–Trinajstić information content (AvgIpc) is 2.70. The molecule has 2 aromatic carbocycles. The summed E-state index contributed by atoms with van der Waals surface area (Å²) < 4.78 is 19.6. The molecule has 0 aliphatic rings. The second kappa shape index (κ2) is 10.7. The molecule has 0 aliphatic carbocycles. The van der Waals surface area contributed by atoms with Crippen LogP contribution >= 0.6 is 0 Å². The fourth-order valence-corrected chi connectivity index (χ4v) is 2.37. The first-order chi connectivity index (χ1) is 13.2. The Balaban J connectivity index is 1.95. The van der Waals surface area contributed by atoms with Crippen molar-refractivity contribution in [3.63, 3.8) is 0 Å². The summed E-state index contributed by atoms with van der Waals surface area (Å²) in [7, 11) is 0. The molecule has 0 spiro atoms. The van der Waals surface area contributed by atoms with E-state index in [-0.39, 0.29) is 29.0 Å². The SMILES string of the molecule is C=CCCNC/C=C/COc1ccc(C(=O)c2ccccc2C#N)cc1F. The van der Waals surface area contributed by atoms with Crippen LogP contribution in [-0.4, -0.2) is 25.5 Å². The van der Waals surface area contributed by atoms with Crippen molar-refractivity contribution in [1.82, 2.24) is 5.32 Å². The number of nitrogens with one attached hydrogen (secondary N) is 1. The summed E-state index contributed by atoms with van der Waals surface area (Å²) in [4.78, 5) is 12.5. The lowest BCUT2D eigenvalue weighted by atomic mass is 9.99. The van der Waals surface area contributed by atoms with Crippen LogP contribution in [0.4, 0.5) is 4.39 Å². The Bertz CT molecular complexity index is 869. The van der Waals surface area contributed by atoms with Gasteiger partial charge in [0.25, 0.3) is 0 Å². The molecule has 0 atom stereocenters. The minimum absolute atomic E-state index is 0.0735. The Labute approximate surface area is 158 Å². The normalized spacial score (nSPS) is 10.5. The molecule has 0 saturated carbocycles. The molecular formula is C22H21FN2O2. The quantitative estimate of drug-likeness (QED) is 0.393. The molecule has 1 N–H and O–H groups in total. The Morgan fingerprint density at radius 1 is 1.26 bits per heavy atom. The number of ether oxygens (including phenoxy) is 1. The summed E-state index contributed by atoms with van der Waals surface area (Å²) >= 11 is 0. The van der Waals surface area contributed by atoms with Gasteiger partial charge in [-0.25, -0.2) is 4.39 Å². The summed E-state index contributed by atoms with van der Waals surface area (Å²) in [6.07, 6.45) is 6.44. The monoisotopic (exact) mass is 364 g/mol. The fourth-order valence-electron chi connectivity index (χ4n) is 2.37. The largest absolute Gasteiger partial charge is 0.486 e. The van der Waals surface area contributed by atoms with E-state index in [9.17, 15) is 9.18 Å². The molecular weight excluding hydrogens is 343 g/mol. The predicted octanol–water partition coefficient (Wildman–Crippen LogP) is 4.03. The number of hydrogen-bond donors (Lipinski definition) is 1. The molecule has 27 heavy (non-hydrogen) atoms. The Morgan fingerprint density at radius 2 is 2.07 bits per heavy atom. The van der Waals surface area contributed by atoms with E-state index in [1.807, 2.05) is 18.2 Å². The summed E-state index contributed by atoms with van der Waals surface area (Å²) in [5, 5.41) is 12.3. The van der Waals surface area contributed by atoms with Crippen LogP contribution in [0.5, 0.6) is 5.75 Å². The molecule has 0 amide bonds. The molecule has 0 heterocycles. The number of rotatable bonds is 10. The number of nitriles is 1. The third kappa shape index (κ3) is 5.91. The van der Waals surface area contributed by atoms with Crippen molar-refractivity contribution in [1.29, 1.82) is 5.26 Å². The highest BCUT2D eigenvalue weighted by Gasteiger charge is 2.15. The van der Waals surface area contributed by atoms with Crippen molar-refractivity contribution in [2.24, 2.45) is 0 Å². The van der Waals surface area contributed by atoms with Gasteiger partial charge in [0, 0.05) is 17.7 Å². The van der Waals surface area contributed by atoms with E-state index in [4.69, 9.17) is 10.00 Å². The summed E-state index contributed by atoms with van der Waals surface area (Å²) in [6.45, 7) is 5.43. The Morgan fingerprint density at radius 3 is 2.81 bits per heavy atom. The Kier molecular flexibility index (Phi) is 7.95. The Hall–Kier alpha value is -3.23. The van der Waals surface area contributed by atoms with Crippen molar-refractivity contribution >= 4 is 5.78 Å². The van der Waals surface area contributed by atoms with Gasteiger partial charge in [-0.3, -0.25) is 4.79 Å². The number of benzene rings is 2. The molecule has 0 aromatic heterocycles. The van der Waals surface area contributed by atoms with Crippen LogP contribution in [0.2, 0.25) is 0 Å². The molecule has 0 aliphatic heterocycles. The number of nitrogens with zero attached hydrogens (tertiary/aromatic N) is 1. The molecule has 0 unspecified atom stereocenters. The van der Waals surface area contributed by atoms with Crippen molar-refractivity contribution in [3.8, 4) is 11.8 Å². The van der Waals surface area contributed by atoms with Gasteiger partial charge in [0.2, 0.25) is 0 Å². The van der Waals surface area contributed by atoms with E-state index in [0.717, 1.165) is 19.0 Å². The van der Waals surface area contributed by atoms with Crippen molar-refractivity contribution < 1.29 is 13.9 Å². The number of hydrogen-bond acceptors (Lipinski definition) is 4. The maximum atomic E-state index is 14.2. The van der Waals surface area contributed by atoms with Crippen molar-refractivity contribution in [2.45, 2.75) is 6.42 Å². The number of carbonyl (C=O) groups excluding carboxylic acids is 1. The highest BCUT2D eigenvalue weighted by molar-refractivity contribution is 6.10. The lowest BCUT2D eigenvalue weighted by Crippen LogP contribution is -2.14. The van der Waals surface area contributed by atoms with Crippen molar-refractivity contribution in [3.05, 3.63) is 89.8 Å². The van der Waals surface area contributed by atoms with E-state index in [2.05, 4.69) is 11.9 Å². The highest BCUT2D eigenvalue weighted by Crippen LogP contribution is 2.21. The van der Waals surface area contributed by atoms with Crippen LogP contribution in [0.1, 0.15) is 27.9 Å². The summed E-state index contributed by atoms with van der Waals surface area (Å²) in [5.74, 6) is -0.944. The first-order valence-electron chi connectivity index (χ1n) is 8.60. The summed E-state index contributed by atoms with van der Waals surface area (Å²) in [5.41, 5.74) is 0.680. The van der Waals surface area contributed by atoms with Crippen molar-refractivity contribution in [2.75, 3.05) is 19.7 Å². The van der Waals surface area contributed by atoms with Gasteiger partial charge in [0.1, 0.15) is 6.61 Å². The van der Waals surface area contributed by atoms with Crippen LogP contribution < -0.4 is 10.1 Å². The van der Waals surface area contributed by atoms with Crippen LogP contribution in [-0.2, 0) is 0 Å². The van der Waals surface area contributed by atoms with E-state index >= 15 is 0 Å². The maximum absolute atomic E-state index is 14.2. The molecule has 0 bridgehead atoms. The van der Waals surface area contributed by atoms with Gasteiger partial charge in [-0.1, -0.05) is 30.4 Å². The van der Waals surface area contributed by atoms with Gasteiger partial charge in [-0.2, -0.15) is 5.26 Å². The number of ketones is 1. The van der Waals surface area contributed by atoms with E-state index in [1.165, 1.54) is 12.1 Å². The summed E-state index contributed by atoms with van der Waals surface area (Å²) in [6, 6.07) is 12.5. The molecule has 138 valence electrons. The van der Waals surface area contributed by atoms with Crippen LogP contribution in [0.15, 0.2) is 67.3 Å². The molecule has 2 rings (SSSR count). The second-order valence-corrected chi connectivity index (χ2v) is 5.70. The minimum Gasteiger partial charge on any atom is -0.486 e. The standard InChI is InChI=1S/C22H21FN2O2/c1-2-3-12-25-13-6-7-14-27-21-11-10-17(15-20(21)23)22(26)19-9-5-4-8-18(19)16-24/h2,4-11,15,25H,1,3,12-14H2/b7-6+. The molecule has 0 fully saturated rings. The van der Waals surface area contributed by atoms with E-state index in [1.54, 1.807) is 30.3 Å². The van der Waals surface area contributed by atoms with Crippen LogP contribution in [0.25, 0.3) is 0 Å². The van der Waals surface area contributed by atoms with Crippen LogP contribution in [0, 0.1) is 17.1 Å². The van der Waals surface area contributed by atoms with E-state index in [0.29, 0.717) is 6.54 Å². The predicted molar refractivity (Wildman–Crippen MR) is 103 cm³/mol. The second-order valence-electron chi connectivity index (χ2n) is 5.70. The third-order valence-electron chi connectivity index (χ3n) is 3.78. The minimum atomic E-state index is -0.618. The zero-order valence-electron chi connectivity index (χ0n) is 15.0. The van der Waals surface area contributed by atoms with Gasteiger partial charge in [0.05, 0.1) is 11.6 Å².